The molecule has 0 spiro atoms. The average molecular weight is 376 g/mol. The Balaban J connectivity index is 1.45. The maximum atomic E-state index is 12.1. The molecule has 1 aliphatic heterocycles. The van der Waals surface area contributed by atoms with Gasteiger partial charge in [-0.25, -0.2) is 9.67 Å². The van der Waals surface area contributed by atoms with Crippen LogP contribution in [0.25, 0.3) is 17.7 Å². The largest absolute Gasteiger partial charge is 0.305 e. The Morgan fingerprint density at radius 3 is 2.82 bits per heavy atom. The van der Waals surface area contributed by atoms with Gasteiger partial charge in [0, 0.05) is 42.2 Å². The number of piperidine rings is 1. The fourth-order valence-electron chi connectivity index (χ4n) is 3.74. The van der Waals surface area contributed by atoms with Crippen LogP contribution in [0.5, 0.6) is 0 Å². The number of H-pyrrole nitrogens is 1. The van der Waals surface area contributed by atoms with Crippen LogP contribution in [0.1, 0.15) is 35.7 Å². The van der Waals surface area contributed by atoms with E-state index < -0.39 is 0 Å². The van der Waals surface area contributed by atoms with Crippen LogP contribution in [0.2, 0.25) is 0 Å². The molecule has 3 aromatic rings. The van der Waals surface area contributed by atoms with Gasteiger partial charge in [0.1, 0.15) is 5.69 Å². The molecule has 4 heterocycles. The molecule has 0 aliphatic carbocycles. The zero-order valence-electron chi connectivity index (χ0n) is 16.0. The van der Waals surface area contributed by atoms with E-state index in [0.29, 0.717) is 11.5 Å². The maximum Gasteiger partial charge on any atom is 0.251 e. The number of nitrogens with zero attached hydrogens (tertiary/aromatic N) is 5. The maximum absolute atomic E-state index is 12.1. The SMILES string of the molecule is C=Cn1ncc(CN2CCC(c3cc(=O)[nH]c(-c4ccccn4)n3)CC2)c1C. The Morgan fingerprint density at radius 1 is 1.32 bits per heavy atom. The van der Waals surface area contributed by atoms with Crippen molar-refractivity contribution in [2.75, 3.05) is 13.1 Å². The van der Waals surface area contributed by atoms with E-state index in [9.17, 15) is 4.79 Å². The average Bonchev–Trinajstić information content (AvgIpc) is 3.08. The second-order valence-electron chi connectivity index (χ2n) is 7.17. The molecule has 7 heteroatoms. The van der Waals surface area contributed by atoms with Crippen LogP contribution in [0.3, 0.4) is 0 Å². The van der Waals surface area contributed by atoms with Gasteiger partial charge in [0.05, 0.1) is 11.9 Å². The predicted molar refractivity (Wildman–Crippen MR) is 109 cm³/mol. The number of nitrogens with one attached hydrogen (secondary N) is 1. The van der Waals surface area contributed by atoms with E-state index in [1.165, 1.54) is 5.56 Å². The van der Waals surface area contributed by atoms with Crippen LogP contribution < -0.4 is 5.56 Å². The first-order valence-corrected chi connectivity index (χ1v) is 9.54. The Morgan fingerprint density at radius 2 is 2.14 bits per heavy atom. The van der Waals surface area contributed by atoms with Crippen molar-refractivity contribution in [3.05, 3.63) is 70.5 Å². The lowest BCUT2D eigenvalue weighted by molar-refractivity contribution is 0.203. The van der Waals surface area contributed by atoms with E-state index in [0.717, 1.165) is 43.9 Å². The van der Waals surface area contributed by atoms with Crippen LogP contribution in [0.4, 0.5) is 0 Å². The summed E-state index contributed by atoms with van der Waals surface area (Å²) in [7, 11) is 0. The Kier molecular flexibility index (Phi) is 5.16. The highest BCUT2D eigenvalue weighted by molar-refractivity contribution is 5.48. The van der Waals surface area contributed by atoms with E-state index in [1.807, 2.05) is 24.4 Å². The first-order chi connectivity index (χ1) is 13.6. The molecule has 28 heavy (non-hydrogen) atoms. The van der Waals surface area contributed by atoms with Gasteiger partial charge >= 0.3 is 0 Å². The molecule has 1 aliphatic rings. The van der Waals surface area contributed by atoms with E-state index in [-0.39, 0.29) is 11.5 Å². The lowest BCUT2D eigenvalue weighted by Crippen LogP contribution is -2.33. The minimum atomic E-state index is -0.124. The van der Waals surface area contributed by atoms with E-state index in [1.54, 1.807) is 23.1 Å². The zero-order valence-corrected chi connectivity index (χ0v) is 16.0. The van der Waals surface area contributed by atoms with Crippen LogP contribution in [-0.4, -0.2) is 42.7 Å². The second-order valence-corrected chi connectivity index (χ2v) is 7.17. The molecular formula is C21H24N6O. The first-order valence-electron chi connectivity index (χ1n) is 9.54. The third-order valence-corrected chi connectivity index (χ3v) is 5.39. The molecule has 4 rings (SSSR count). The van der Waals surface area contributed by atoms with Crippen molar-refractivity contribution in [2.45, 2.75) is 32.2 Å². The molecule has 7 nitrogen and oxygen atoms in total. The van der Waals surface area contributed by atoms with Gasteiger partial charge in [-0.1, -0.05) is 12.6 Å². The molecule has 1 fully saturated rings. The van der Waals surface area contributed by atoms with Gasteiger partial charge in [0.25, 0.3) is 5.56 Å². The summed E-state index contributed by atoms with van der Waals surface area (Å²) >= 11 is 0. The van der Waals surface area contributed by atoms with Crippen LogP contribution >= 0.6 is 0 Å². The number of hydrogen-bond donors (Lipinski definition) is 1. The molecule has 0 radical (unpaired) electrons. The highest BCUT2D eigenvalue weighted by atomic mass is 16.1. The van der Waals surface area contributed by atoms with Crippen molar-refractivity contribution in [2.24, 2.45) is 0 Å². The van der Waals surface area contributed by atoms with Gasteiger partial charge in [0.15, 0.2) is 5.82 Å². The molecule has 0 aromatic carbocycles. The minimum absolute atomic E-state index is 0.124. The number of aromatic nitrogens is 5. The summed E-state index contributed by atoms with van der Waals surface area (Å²) in [6, 6.07) is 7.23. The molecule has 1 N–H and O–H groups in total. The second kappa shape index (κ2) is 7.90. The van der Waals surface area contributed by atoms with Crippen LogP contribution in [0, 0.1) is 6.92 Å². The van der Waals surface area contributed by atoms with Crippen LogP contribution in [-0.2, 0) is 6.54 Å². The quantitative estimate of drug-likeness (QED) is 0.741. The molecule has 144 valence electrons. The summed E-state index contributed by atoms with van der Waals surface area (Å²) in [5.41, 5.74) is 3.78. The number of pyridine rings is 1. The van der Waals surface area contributed by atoms with Crippen LogP contribution in [0.15, 0.2) is 48.0 Å². The molecule has 3 aromatic heterocycles. The lowest BCUT2D eigenvalue weighted by Gasteiger charge is -2.31. The summed E-state index contributed by atoms with van der Waals surface area (Å²) in [6.45, 7) is 8.67. The zero-order chi connectivity index (χ0) is 19.5. The molecule has 0 saturated carbocycles. The van der Waals surface area contributed by atoms with Crippen molar-refractivity contribution >= 4 is 6.20 Å². The van der Waals surface area contributed by atoms with Crippen molar-refractivity contribution in [3.63, 3.8) is 0 Å². The Bertz CT molecular complexity index is 1010. The number of likely N-dealkylation sites (tertiary alicyclic amines) is 1. The summed E-state index contributed by atoms with van der Waals surface area (Å²) < 4.78 is 1.81. The van der Waals surface area contributed by atoms with Gasteiger partial charge in [-0.2, -0.15) is 5.10 Å². The highest BCUT2D eigenvalue weighted by Crippen LogP contribution is 2.28. The summed E-state index contributed by atoms with van der Waals surface area (Å²) in [5.74, 6) is 0.830. The van der Waals surface area contributed by atoms with Gasteiger partial charge in [-0.3, -0.25) is 14.7 Å². The van der Waals surface area contributed by atoms with Crippen molar-refractivity contribution in [1.82, 2.24) is 29.6 Å². The van der Waals surface area contributed by atoms with Crippen molar-refractivity contribution in [1.29, 1.82) is 0 Å². The summed E-state index contributed by atoms with van der Waals surface area (Å²) in [6.07, 6.45) is 7.31. The van der Waals surface area contributed by atoms with Gasteiger partial charge < -0.3 is 4.98 Å². The number of aromatic amines is 1. The van der Waals surface area contributed by atoms with Crippen molar-refractivity contribution in [3.8, 4) is 11.5 Å². The fraction of sp³-hybridized carbons (Fsp3) is 0.333. The van der Waals surface area contributed by atoms with E-state index >= 15 is 0 Å². The molecule has 0 amide bonds. The summed E-state index contributed by atoms with van der Waals surface area (Å²) in [4.78, 5) is 26.4. The van der Waals surface area contributed by atoms with E-state index in [4.69, 9.17) is 4.98 Å². The first kappa shape index (κ1) is 18.3. The monoisotopic (exact) mass is 376 g/mol. The Labute approximate surface area is 163 Å². The number of rotatable bonds is 5. The predicted octanol–water partition coefficient (Wildman–Crippen LogP) is 2.82. The minimum Gasteiger partial charge on any atom is -0.305 e. The molecular weight excluding hydrogens is 352 g/mol. The molecule has 0 unspecified atom stereocenters. The van der Waals surface area contributed by atoms with E-state index in [2.05, 4.69) is 33.5 Å². The van der Waals surface area contributed by atoms with Crippen molar-refractivity contribution < 1.29 is 0 Å². The highest BCUT2D eigenvalue weighted by Gasteiger charge is 2.23. The molecule has 1 saturated heterocycles. The van der Waals surface area contributed by atoms with Gasteiger partial charge in [-0.15, -0.1) is 0 Å². The molecule has 0 atom stereocenters. The lowest BCUT2D eigenvalue weighted by atomic mass is 9.93. The third-order valence-electron chi connectivity index (χ3n) is 5.39. The standard InChI is InChI=1S/C21H24N6O/c1-3-27-15(2)17(13-23-27)14-26-10-7-16(8-11-26)19-12-20(28)25-21(24-19)18-6-4-5-9-22-18/h3-6,9,12-13,16H,1,7-8,10-11,14H2,2H3,(H,24,25,28). The molecule has 0 bridgehead atoms. The topological polar surface area (TPSA) is 79.7 Å². The Hall–Kier alpha value is -3.06. The summed E-state index contributed by atoms with van der Waals surface area (Å²) in [5, 5.41) is 4.33. The van der Waals surface area contributed by atoms with Gasteiger partial charge in [-0.05, 0) is 45.0 Å². The fourth-order valence-corrected chi connectivity index (χ4v) is 3.74. The normalized spacial score (nSPS) is 15.6. The smallest absolute Gasteiger partial charge is 0.251 e. The van der Waals surface area contributed by atoms with Gasteiger partial charge in [0.2, 0.25) is 0 Å². The third kappa shape index (κ3) is 3.80. The number of hydrogen-bond acceptors (Lipinski definition) is 5.